The first kappa shape index (κ1) is 15.0. The second-order valence-electron chi connectivity index (χ2n) is 6.29. The van der Waals surface area contributed by atoms with Crippen LogP contribution in [0.15, 0.2) is 42.5 Å². The van der Waals surface area contributed by atoms with E-state index in [2.05, 4.69) is 41.0 Å². The molecule has 1 heterocycles. The van der Waals surface area contributed by atoms with E-state index in [9.17, 15) is 4.79 Å². The summed E-state index contributed by atoms with van der Waals surface area (Å²) in [6.45, 7) is 4.89. The lowest BCUT2D eigenvalue weighted by Gasteiger charge is -2.23. The molecule has 2 N–H and O–H groups in total. The van der Waals surface area contributed by atoms with Gasteiger partial charge in [-0.05, 0) is 55.1 Å². The lowest BCUT2D eigenvalue weighted by Crippen LogP contribution is -2.39. The van der Waals surface area contributed by atoms with Gasteiger partial charge in [-0.15, -0.1) is 0 Å². The van der Waals surface area contributed by atoms with E-state index in [-0.39, 0.29) is 11.8 Å². The Bertz CT molecular complexity index is 647. The topological polar surface area (TPSA) is 41.1 Å². The smallest absolute Gasteiger partial charge is 0.227 e. The van der Waals surface area contributed by atoms with Crippen LogP contribution >= 0.6 is 0 Å². The molecule has 2 aromatic carbocycles. The Morgan fingerprint density at radius 3 is 2.86 bits per heavy atom. The molecular formula is C19H24N2O. The zero-order valence-electron chi connectivity index (χ0n) is 13.1. The van der Waals surface area contributed by atoms with E-state index >= 15 is 0 Å². The van der Waals surface area contributed by atoms with Crippen molar-refractivity contribution in [3.63, 3.8) is 0 Å². The van der Waals surface area contributed by atoms with Crippen molar-refractivity contribution in [2.45, 2.75) is 25.7 Å². The first-order valence-electron chi connectivity index (χ1n) is 8.21. The minimum absolute atomic E-state index is 0.110. The molecule has 2 unspecified atom stereocenters. The number of carbonyl (C=O) groups is 1. The van der Waals surface area contributed by atoms with Gasteiger partial charge in [0.15, 0.2) is 0 Å². The molecule has 22 heavy (non-hydrogen) atoms. The second-order valence-corrected chi connectivity index (χ2v) is 6.29. The second kappa shape index (κ2) is 6.93. The van der Waals surface area contributed by atoms with Gasteiger partial charge in [0.05, 0.1) is 5.92 Å². The Labute approximate surface area is 132 Å². The fraction of sp³-hybridized carbons (Fsp3) is 0.421. The van der Waals surface area contributed by atoms with Crippen molar-refractivity contribution < 1.29 is 4.79 Å². The molecule has 3 heteroatoms. The summed E-state index contributed by atoms with van der Waals surface area (Å²) in [5.41, 5.74) is 1.08. The highest BCUT2D eigenvalue weighted by Gasteiger charge is 2.18. The summed E-state index contributed by atoms with van der Waals surface area (Å²) in [6.07, 6.45) is 2.42. The maximum Gasteiger partial charge on any atom is 0.227 e. The van der Waals surface area contributed by atoms with Gasteiger partial charge in [-0.1, -0.05) is 42.5 Å². The predicted octanol–water partition coefficient (Wildman–Crippen LogP) is 3.06. The van der Waals surface area contributed by atoms with Crippen molar-refractivity contribution in [2.24, 2.45) is 5.92 Å². The van der Waals surface area contributed by atoms with Crippen LogP contribution in [0.3, 0.4) is 0 Å². The highest BCUT2D eigenvalue weighted by atomic mass is 16.1. The van der Waals surface area contributed by atoms with Crippen molar-refractivity contribution in [3.05, 3.63) is 48.0 Å². The molecule has 1 amide bonds. The van der Waals surface area contributed by atoms with Gasteiger partial charge < -0.3 is 10.6 Å². The SMILES string of the molecule is CC(C(=O)NCC1CCCNC1)c1ccc2ccccc2c1. The van der Waals surface area contributed by atoms with Crippen molar-refractivity contribution in [2.75, 3.05) is 19.6 Å². The van der Waals surface area contributed by atoms with Gasteiger partial charge in [0.1, 0.15) is 0 Å². The average Bonchev–Trinajstić information content (AvgIpc) is 2.59. The molecule has 1 aliphatic rings. The number of piperidine rings is 1. The van der Waals surface area contributed by atoms with E-state index in [0.717, 1.165) is 25.2 Å². The minimum atomic E-state index is -0.110. The summed E-state index contributed by atoms with van der Waals surface area (Å²) in [5.74, 6) is 0.587. The first-order valence-corrected chi connectivity index (χ1v) is 8.21. The lowest BCUT2D eigenvalue weighted by atomic mass is 9.96. The lowest BCUT2D eigenvalue weighted by molar-refractivity contribution is -0.122. The van der Waals surface area contributed by atoms with Crippen LogP contribution in [0.4, 0.5) is 0 Å². The fourth-order valence-corrected chi connectivity index (χ4v) is 3.12. The number of hydrogen-bond acceptors (Lipinski definition) is 2. The molecule has 0 radical (unpaired) electrons. The van der Waals surface area contributed by atoms with E-state index in [1.807, 2.05) is 19.1 Å². The summed E-state index contributed by atoms with van der Waals surface area (Å²) in [4.78, 5) is 12.4. The number of nitrogens with one attached hydrogen (secondary N) is 2. The zero-order chi connectivity index (χ0) is 15.4. The molecule has 0 aliphatic carbocycles. The van der Waals surface area contributed by atoms with Crippen LogP contribution in [0.1, 0.15) is 31.2 Å². The predicted molar refractivity (Wildman–Crippen MR) is 91.0 cm³/mol. The number of carbonyl (C=O) groups excluding carboxylic acids is 1. The van der Waals surface area contributed by atoms with Gasteiger partial charge in [-0.2, -0.15) is 0 Å². The molecule has 1 saturated heterocycles. The summed E-state index contributed by atoms with van der Waals surface area (Å²) >= 11 is 0. The number of benzene rings is 2. The Morgan fingerprint density at radius 2 is 2.09 bits per heavy atom. The van der Waals surface area contributed by atoms with Crippen molar-refractivity contribution in [1.82, 2.24) is 10.6 Å². The van der Waals surface area contributed by atoms with Crippen LogP contribution in [-0.2, 0) is 4.79 Å². The highest BCUT2D eigenvalue weighted by molar-refractivity contribution is 5.87. The monoisotopic (exact) mass is 296 g/mol. The third kappa shape index (κ3) is 3.47. The van der Waals surface area contributed by atoms with Gasteiger partial charge in [0, 0.05) is 6.54 Å². The number of amides is 1. The molecule has 1 aliphatic heterocycles. The molecule has 0 saturated carbocycles. The van der Waals surface area contributed by atoms with E-state index in [1.54, 1.807) is 0 Å². The van der Waals surface area contributed by atoms with E-state index in [0.29, 0.717) is 5.92 Å². The molecule has 2 aromatic rings. The van der Waals surface area contributed by atoms with E-state index in [1.165, 1.54) is 23.6 Å². The molecule has 0 aromatic heterocycles. The average molecular weight is 296 g/mol. The van der Waals surface area contributed by atoms with Crippen LogP contribution in [0.2, 0.25) is 0 Å². The van der Waals surface area contributed by atoms with E-state index < -0.39 is 0 Å². The summed E-state index contributed by atoms with van der Waals surface area (Å²) in [5, 5.41) is 8.91. The third-order valence-corrected chi connectivity index (χ3v) is 4.63. The maximum atomic E-state index is 12.4. The quantitative estimate of drug-likeness (QED) is 0.910. The standard InChI is InChI=1S/C19H24N2O/c1-14(19(22)21-13-15-5-4-10-20-12-15)17-9-8-16-6-2-3-7-18(16)11-17/h2-3,6-9,11,14-15,20H,4-5,10,12-13H2,1H3,(H,21,22). The van der Waals surface area contributed by atoms with Crippen LogP contribution in [0, 0.1) is 5.92 Å². The number of fused-ring (bicyclic) bond motifs is 1. The van der Waals surface area contributed by atoms with Gasteiger partial charge in [0.2, 0.25) is 5.91 Å². The Morgan fingerprint density at radius 1 is 1.27 bits per heavy atom. The van der Waals surface area contributed by atoms with Gasteiger partial charge in [0.25, 0.3) is 0 Å². The molecule has 0 bridgehead atoms. The van der Waals surface area contributed by atoms with Crippen LogP contribution in [0.5, 0.6) is 0 Å². The highest BCUT2D eigenvalue weighted by Crippen LogP contribution is 2.22. The molecule has 3 rings (SSSR count). The zero-order valence-corrected chi connectivity index (χ0v) is 13.1. The van der Waals surface area contributed by atoms with Crippen molar-refractivity contribution >= 4 is 16.7 Å². The maximum absolute atomic E-state index is 12.4. The van der Waals surface area contributed by atoms with Crippen LogP contribution < -0.4 is 10.6 Å². The Hall–Kier alpha value is -1.87. The van der Waals surface area contributed by atoms with Crippen molar-refractivity contribution in [3.8, 4) is 0 Å². The van der Waals surface area contributed by atoms with Gasteiger partial charge >= 0.3 is 0 Å². The third-order valence-electron chi connectivity index (χ3n) is 4.63. The summed E-state index contributed by atoms with van der Waals surface area (Å²) in [7, 11) is 0. The van der Waals surface area contributed by atoms with Crippen molar-refractivity contribution in [1.29, 1.82) is 0 Å². The number of rotatable bonds is 4. The summed E-state index contributed by atoms with van der Waals surface area (Å²) < 4.78 is 0. The van der Waals surface area contributed by atoms with Gasteiger partial charge in [-0.3, -0.25) is 4.79 Å². The Kier molecular flexibility index (Phi) is 4.74. The molecule has 1 fully saturated rings. The van der Waals surface area contributed by atoms with Gasteiger partial charge in [-0.25, -0.2) is 0 Å². The fourth-order valence-electron chi connectivity index (χ4n) is 3.12. The van der Waals surface area contributed by atoms with Crippen LogP contribution in [0.25, 0.3) is 10.8 Å². The molecular weight excluding hydrogens is 272 g/mol. The normalized spacial score (nSPS) is 19.8. The minimum Gasteiger partial charge on any atom is -0.355 e. The van der Waals surface area contributed by atoms with Crippen LogP contribution in [-0.4, -0.2) is 25.5 Å². The Balaban J connectivity index is 1.63. The van der Waals surface area contributed by atoms with E-state index in [4.69, 9.17) is 0 Å². The summed E-state index contributed by atoms with van der Waals surface area (Å²) in [6, 6.07) is 14.6. The first-order chi connectivity index (χ1) is 10.7. The molecule has 0 spiro atoms. The number of hydrogen-bond donors (Lipinski definition) is 2. The molecule has 2 atom stereocenters. The molecule has 3 nitrogen and oxygen atoms in total. The largest absolute Gasteiger partial charge is 0.355 e. The molecule has 116 valence electrons.